The number of sulfonamides is 1. The second-order valence-corrected chi connectivity index (χ2v) is 9.09. The molecule has 1 aliphatic heterocycles. The van der Waals surface area contributed by atoms with Gasteiger partial charge >= 0.3 is 0 Å². The first kappa shape index (κ1) is 21.0. The SMILES string of the molecule is COc1cccc(C(=O)N2CCN(S(=O)(=O)c3cn(C)nc3-c3cccnc3)CC2)c1. The van der Waals surface area contributed by atoms with Crippen LogP contribution in [0.3, 0.4) is 0 Å². The van der Waals surface area contributed by atoms with Gasteiger partial charge in [-0.15, -0.1) is 0 Å². The van der Waals surface area contributed by atoms with Crippen molar-refractivity contribution < 1.29 is 17.9 Å². The van der Waals surface area contributed by atoms with E-state index in [1.54, 1.807) is 67.8 Å². The van der Waals surface area contributed by atoms with Crippen molar-refractivity contribution in [3.8, 4) is 17.0 Å². The standard InChI is InChI=1S/C21H23N5O4S/c1-24-15-19(20(23-24)17-6-4-8-22-14-17)31(28,29)26-11-9-25(10-12-26)21(27)16-5-3-7-18(13-16)30-2/h3-8,13-15H,9-12H2,1-2H3. The highest BCUT2D eigenvalue weighted by atomic mass is 32.2. The van der Waals surface area contributed by atoms with Gasteiger partial charge in [-0.3, -0.25) is 14.5 Å². The van der Waals surface area contributed by atoms with Gasteiger partial charge in [0.1, 0.15) is 16.3 Å². The second kappa shape index (κ2) is 8.48. The molecule has 0 bridgehead atoms. The van der Waals surface area contributed by atoms with Gasteiger partial charge in [-0.25, -0.2) is 8.42 Å². The number of carbonyl (C=O) groups is 1. The maximum Gasteiger partial charge on any atom is 0.254 e. The molecule has 2 aromatic heterocycles. The van der Waals surface area contributed by atoms with Gasteiger partial charge in [-0.05, 0) is 30.3 Å². The lowest BCUT2D eigenvalue weighted by Gasteiger charge is -2.34. The number of aryl methyl sites for hydroxylation is 1. The first-order chi connectivity index (χ1) is 14.9. The van der Waals surface area contributed by atoms with E-state index in [1.807, 2.05) is 0 Å². The molecule has 0 atom stereocenters. The van der Waals surface area contributed by atoms with Gasteiger partial charge in [0.15, 0.2) is 0 Å². The van der Waals surface area contributed by atoms with Crippen molar-refractivity contribution in [2.75, 3.05) is 33.3 Å². The number of amides is 1. The Morgan fingerprint density at radius 3 is 2.55 bits per heavy atom. The van der Waals surface area contributed by atoms with E-state index in [4.69, 9.17) is 4.74 Å². The third-order valence-corrected chi connectivity index (χ3v) is 7.09. The minimum atomic E-state index is -3.78. The van der Waals surface area contributed by atoms with Crippen LogP contribution in [-0.2, 0) is 17.1 Å². The quantitative estimate of drug-likeness (QED) is 0.597. The summed E-state index contributed by atoms with van der Waals surface area (Å²) >= 11 is 0. The number of aromatic nitrogens is 3. The zero-order valence-electron chi connectivity index (χ0n) is 17.3. The van der Waals surface area contributed by atoms with Crippen LogP contribution in [0.2, 0.25) is 0 Å². The number of methoxy groups -OCH3 is 1. The number of pyridine rings is 1. The fraction of sp³-hybridized carbons (Fsp3) is 0.286. The zero-order chi connectivity index (χ0) is 22.0. The van der Waals surface area contributed by atoms with Crippen molar-refractivity contribution in [1.29, 1.82) is 0 Å². The fourth-order valence-electron chi connectivity index (χ4n) is 3.57. The molecule has 3 heterocycles. The molecule has 0 radical (unpaired) electrons. The van der Waals surface area contributed by atoms with E-state index < -0.39 is 10.0 Å². The molecular weight excluding hydrogens is 418 g/mol. The zero-order valence-corrected chi connectivity index (χ0v) is 18.1. The Kier molecular flexibility index (Phi) is 5.75. The Hall–Kier alpha value is -3.24. The summed E-state index contributed by atoms with van der Waals surface area (Å²) in [6, 6.07) is 10.5. The molecule has 0 saturated carbocycles. The molecule has 0 aliphatic carbocycles. The van der Waals surface area contributed by atoms with Crippen LogP contribution in [0.25, 0.3) is 11.3 Å². The van der Waals surface area contributed by atoms with E-state index in [0.29, 0.717) is 35.7 Å². The lowest BCUT2D eigenvalue weighted by molar-refractivity contribution is 0.0697. The Bertz CT molecular complexity index is 1190. The second-order valence-electron chi connectivity index (χ2n) is 7.19. The minimum absolute atomic E-state index is 0.135. The van der Waals surface area contributed by atoms with E-state index in [2.05, 4.69) is 10.1 Å². The number of carbonyl (C=O) groups excluding carboxylic acids is 1. The molecule has 1 fully saturated rings. The van der Waals surface area contributed by atoms with Crippen molar-refractivity contribution >= 4 is 15.9 Å². The van der Waals surface area contributed by atoms with Crippen LogP contribution in [0.4, 0.5) is 0 Å². The number of ether oxygens (including phenoxy) is 1. The average molecular weight is 442 g/mol. The fourth-order valence-corrected chi connectivity index (χ4v) is 5.18. The minimum Gasteiger partial charge on any atom is -0.497 e. The van der Waals surface area contributed by atoms with Crippen LogP contribution in [0.1, 0.15) is 10.4 Å². The first-order valence-electron chi connectivity index (χ1n) is 9.77. The van der Waals surface area contributed by atoms with Crippen molar-refractivity contribution in [2.24, 2.45) is 7.05 Å². The van der Waals surface area contributed by atoms with E-state index >= 15 is 0 Å². The van der Waals surface area contributed by atoms with Crippen LogP contribution in [0, 0.1) is 0 Å². The molecule has 0 N–H and O–H groups in total. The largest absolute Gasteiger partial charge is 0.497 e. The van der Waals surface area contributed by atoms with E-state index in [1.165, 1.54) is 15.2 Å². The van der Waals surface area contributed by atoms with E-state index in [9.17, 15) is 13.2 Å². The summed E-state index contributed by atoms with van der Waals surface area (Å²) in [4.78, 5) is 18.7. The molecule has 9 nitrogen and oxygen atoms in total. The smallest absolute Gasteiger partial charge is 0.254 e. The monoisotopic (exact) mass is 441 g/mol. The molecule has 1 aliphatic rings. The lowest BCUT2D eigenvalue weighted by atomic mass is 10.1. The highest BCUT2D eigenvalue weighted by molar-refractivity contribution is 7.89. The summed E-state index contributed by atoms with van der Waals surface area (Å²) in [7, 11) is -0.549. The molecule has 1 aromatic carbocycles. The number of benzene rings is 1. The number of rotatable bonds is 5. The molecule has 162 valence electrons. The summed E-state index contributed by atoms with van der Waals surface area (Å²) in [5, 5.41) is 4.34. The van der Waals surface area contributed by atoms with E-state index in [0.717, 1.165) is 0 Å². The highest BCUT2D eigenvalue weighted by Crippen LogP contribution is 2.28. The molecule has 4 rings (SSSR count). The van der Waals surface area contributed by atoms with Gasteiger partial charge in [0.05, 0.1) is 7.11 Å². The molecule has 1 saturated heterocycles. The topological polar surface area (TPSA) is 97.6 Å². The van der Waals surface area contributed by atoms with Crippen LogP contribution in [0.15, 0.2) is 59.9 Å². The predicted octanol–water partition coefficient (Wildman–Crippen LogP) is 1.64. The Morgan fingerprint density at radius 1 is 1.10 bits per heavy atom. The maximum atomic E-state index is 13.4. The third-order valence-electron chi connectivity index (χ3n) is 5.19. The van der Waals surface area contributed by atoms with Crippen molar-refractivity contribution in [2.45, 2.75) is 4.90 Å². The number of piperazine rings is 1. The number of hydrogen-bond donors (Lipinski definition) is 0. The predicted molar refractivity (Wildman–Crippen MR) is 114 cm³/mol. The summed E-state index contributed by atoms with van der Waals surface area (Å²) in [5.74, 6) is 0.458. The van der Waals surface area contributed by atoms with Gasteiger partial charge < -0.3 is 9.64 Å². The molecule has 10 heteroatoms. The molecule has 0 spiro atoms. The number of nitrogens with zero attached hydrogens (tertiary/aromatic N) is 5. The van der Waals surface area contributed by atoms with Crippen molar-refractivity contribution in [3.63, 3.8) is 0 Å². The number of hydrogen-bond acceptors (Lipinski definition) is 6. The van der Waals surface area contributed by atoms with Gasteiger partial charge in [-0.1, -0.05) is 6.07 Å². The van der Waals surface area contributed by atoms with Gasteiger partial charge in [0, 0.05) is 62.9 Å². The van der Waals surface area contributed by atoms with Gasteiger partial charge in [-0.2, -0.15) is 9.40 Å². The normalized spacial score (nSPS) is 15.1. The summed E-state index contributed by atoms with van der Waals surface area (Å²) in [6.45, 7) is 1.02. The highest BCUT2D eigenvalue weighted by Gasteiger charge is 2.33. The molecule has 1 amide bonds. The average Bonchev–Trinajstić information content (AvgIpc) is 3.22. The molecular formula is C21H23N5O4S. The van der Waals surface area contributed by atoms with Crippen molar-refractivity contribution in [3.05, 3.63) is 60.6 Å². The maximum absolute atomic E-state index is 13.4. The van der Waals surface area contributed by atoms with Crippen LogP contribution in [0.5, 0.6) is 5.75 Å². The third kappa shape index (κ3) is 4.17. The summed E-state index contributed by atoms with van der Waals surface area (Å²) < 4.78 is 34.8. The first-order valence-corrected chi connectivity index (χ1v) is 11.2. The van der Waals surface area contributed by atoms with Gasteiger partial charge in [0.2, 0.25) is 10.0 Å². The Morgan fingerprint density at radius 2 is 1.87 bits per heavy atom. The molecule has 0 unspecified atom stereocenters. The van der Waals surface area contributed by atoms with Crippen molar-refractivity contribution in [1.82, 2.24) is 24.0 Å². The van der Waals surface area contributed by atoms with Gasteiger partial charge in [0.25, 0.3) is 5.91 Å². The Balaban J connectivity index is 1.52. The van der Waals surface area contributed by atoms with Crippen LogP contribution in [-0.4, -0.2) is 71.6 Å². The van der Waals surface area contributed by atoms with Crippen LogP contribution >= 0.6 is 0 Å². The van der Waals surface area contributed by atoms with E-state index in [-0.39, 0.29) is 23.9 Å². The molecule has 3 aromatic rings. The Labute approximate surface area is 180 Å². The summed E-state index contributed by atoms with van der Waals surface area (Å²) in [6.07, 6.45) is 4.72. The molecule has 31 heavy (non-hydrogen) atoms. The lowest BCUT2D eigenvalue weighted by Crippen LogP contribution is -2.50. The van der Waals surface area contributed by atoms with Crippen LogP contribution < -0.4 is 4.74 Å². The summed E-state index contributed by atoms with van der Waals surface area (Å²) in [5.41, 5.74) is 1.51.